The average molecular weight is 273 g/mol. The fourth-order valence-corrected chi connectivity index (χ4v) is 3.16. The van der Waals surface area contributed by atoms with E-state index >= 15 is 0 Å². The van der Waals surface area contributed by atoms with Gasteiger partial charge in [-0.15, -0.1) is 0 Å². The van der Waals surface area contributed by atoms with E-state index in [2.05, 4.69) is 5.10 Å². The molecule has 0 amide bonds. The van der Waals surface area contributed by atoms with Crippen molar-refractivity contribution in [3.05, 3.63) is 30.5 Å². The number of nitrogens with zero attached hydrogens (tertiary/aromatic N) is 2. The van der Waals surface area contributed by atoms with E-state index in [1.165, 1.54) is 7.11 Å². The first-order valence-electron chi connectivity index (χ1n) is 6.93. The fraction of sp³-hybridized carbons (Fsp3) is 0.467. The van der Waals surface area contributed by atoms with Gasteiger partial charge in [0.2, 0.25) is 0 Å². The van der Waals surface area contributed by atoms with Crippen LogP contribution in [0.4, 0.5) is 0 Å². The number of rotatable bonds is 2. The van der Waals surface area contributed by atoms with Gasteiger partial charge in [-0.05, 0) is 31.7 Å². The van der Waals surface area contributed by atoms with Crippen LogP contribution in [0, 0.1) is 0 Å². The van der Waals surface area contributed by atoms with Gasteiger partial charge < -0.3 is 10.5 Å². The van der Waals surface area contributed by atoms with Crippen molar-refractivity contribution in [2.75, 3.05) is 7.11 Å². The highest BCUT2D eigenvalue weighted by Crippen LogP contribution is 2.35. The van der Waals surface area contributed by atoms with Gasteiger partial charge >= 0.3 is 5.97 Å². The highest BCUT2D eigenvalue weighted by molar-refractivity contribution is 5.81. The zero-order valence-electron chi connectivity index (χ0n) is 11.6. The zero-order valence-corrected chi connectivity index (χ0v) is 11.6. The summed E-state index contributed by atoms with van der Waals surface area (Å²) in [5.41, 5.74) is 6.44. The van der Waals surface area contributed by atoms with Crippen LogP contribution in [0.15, 0.2) is 30.5 Å². The smallest absolute Gasteiger partial charge is 0.325 e. The number of aromatic nitrogens is 2. The predicted octanol–water partition coefficient (Wildman–Crippen LogP) is 2.02. The van der Waals surface area contributed by atoms with Crippen LogP contribution in [0.5, 0.6) is 0 Å². The number of para-hydroxylation sites is 1. The van der Waals surface area contributed by atoms with E-state index in [9.17, 15) is 4.79 Å². The average Bonchev–Trinajstić information content (AvgIpc) is 2.90. The van der Waals surface area contributed by atoms with Gasteiger partial charge in [-0.3, -0.25) is 9.48 Å². The Morgan fingerprint density at radius 1 is 1.50 bits per heavy atom. The molecule has 0 saturated heterocycles. The van der Waals surface area contributed by atoms with E-state index in [4.69, 9.17) is 10.5 Å². The van der Waals surface area contributed by atoms with Crippen LogP contribution < -0.4 is 5.73 Å². The Balaban J connectivity index is 1.92. The molecule has 106 valence electrons. The molecule has 2 unspecified atom stereocenters. The number of carbonyl (C=O) groups excluding carboxylic acids is 1. The number of carbonyl (C=O) groups is 1. The Morgan fingerprint density at radius 3 is 3.10 bits per heavy atom. The second-order valence-corrected chi connectivity index (χ2v) is 5.55. The Hall–Kier alpha value is -1.88. The second kappa shape index (κ2) is 4.90. The Morgan fingerprint density at radius 2 is 2.30 bits per heavy atom. The summed E-state index contributed by atoms with van der Waals surface area (Å²) in [4.78, 5) is 11.9. The van der Waals surface area contributed by atoms with Crippen LogP contribution >= 0.6 is 0 Å². The third-order valence-electron chi connectivity index (χ3n) is 4.20. The molecule has 0 aliphatic heterocycles. The van der Waals surface area contributed by atoms with E-state index < -0.39 is 5.54 Å². The van der Waals surface area contributed by atoms with Crippen molar-refractivity contribution >= 4 is 16.9 Å². The van der Waals surface area contributed by atoms with Crippen LogP contribution in [0.2, 0.25) is 0 Å². The zero-order chi connectivity index (χ0) is 14.2. The quantitative estimate of drug-likeness (QED) is 0.850. The number of esters is 1. The molecule has 0 spiro atoms. The summed E-state index contributed by atoms with van der Waals surface area (Å²) in [6.45, 7) is 0. The second-order valence-electron chi connectivity index (χ2n) is 5.55. The highest BCUT2D eigenvalue weighted by Gasteiger charge is 2.41. The molecule has 5 heteroatoms. The molecule has 0 bridgehead atoms. The van der Waals surface area contributed by atoms with Crippen LogP contribution in [0.25, 0.3) is 10.9 Å². The van der Waals surface area contributed by atoms with E-state index in [-0.39, 0.29) is 12.0 Å². The summed E-state index contributed by atoms with van der Waals surface area (Å²) in [5.74, 6) is -0.321. The number of methoxy groups -OCH3 is 1. The SMILES string of the molecule is COC(=O)C1(N)CCCC(n2ncc3ccccc32)C1. The normalized spacial score (nSPS) is 26.6. The lowest BCUT2D eigenvalue weighted by Gasteiger charge is -2.35. The molecule has 2 N–H and O–H groups in total. The highest BCUT2D eigenvalue weighted by atomic mass is 16.5. The maximum atomic E-state index is 11.9. The van der Waals surface area contributed by atoms with Crippen LogP contribution in [0.1, 0.15) is 31.7 Å². The van der Waals surface area contributed by atoms with Crippen molar-refractivity contribution < 1.29 is 9.53 Å². The molecule has 1 aliphatic carbocycles. The van der Waals surface area contributed by atoms with Gasteiger partial charge in [0.15, 0.2) is 0 Å². The minimum absolute atomic E-state index is 0.146. The number of fused-ring (bicyclic) bond motifs is 1. The molecule has 5 nitrogen and oxygen atoms in total. The minimum Gasteiger partial charge on any atom is -0.468 e. The maximum absolute atomic E-state index is 11.9. The standard InChI is InChI=1S/C15H19N3O2/c1-20-14(19)15(16)8-4-6-12(9-15)18-13-7-3-2-5-11(13)10-17-18/h2-3,5,7,10,12H,4,6,8-9,16H2,1H3. The van der Waals surface area contributed by atoms with E-state index in [1.54, 1.807) is 0 Å². The van der Waals surface area contributed by atoms with Gasteiger partial charge in [0, 0.05) is 5.39 Å². The molecule has 1 aromatic carbocycles. The van der Waals surface area contributed by atoms with Crippen molar-refractivity contribution in [2.24, 2.45) is 5.73 Å². The molecule has 1 aromatic heterocycles. The monoisotopic (exact) mass is 273 g/mol. The number of hydrogen-bond donors (Lipinski definition) is 1. The van der Waals surface area contributed by atoms with Gasteiger partial charge in [0.05, 0.1) is 24.9 Å². The van der Waals surface area contributed by atoms with Crippen LogP contribution in [-0.4, -0.2) is 28.4 Å². The van der Waals surface area contributed by atoms with Crippen molar-refractivity contribution in [1.82, 2.24) is 9.78 Å². The van der Waals surface area contributed by atoms with Crippen LogP contribution in [-0.2, 0) is 9.53 Å². The lowest BCUT2D eigenvalue weighted by atomic mass is 9.79. The summed E-state index contributed by atoms with van der Waals surface area (Å²) in [6.07, 6.45) is 5.01. The Kier molecular flexibility index (Phi) is 3.22. The number of benzene rings is 1. The van der Waals surface area contributed by atoms with Gasteiger partial charge in [0.1, 0.15) is 5.54 Å². The van der Waals surface area contributed by atoms with Gasteiger partial charge in [-0.25, -0.2) is 0 Å². The third-order valence-corrected chi connectivity index (χ3v) is 4.20. The summed E-state index contributed by atoms with van der Waals surface area (Å²) in [7, 11) is 1.39. The lowest BCUT2D eigenvalue weighted by molar-refractivity contribution is -0.149. The van der Waals surface area contributed by atoms with E-state index in [0.29, 0.717) is 12.8 Å². The lowest BCUT2D eigenvalue weighted by Crippen LogP contribution is -2.52. The van der Waals surface area contributed by atoms with Crippen molar-refractivity contribution in [3.8, 4) is 0 Å². The molecule has 20 heavy (non-hydrogen) atoms. The molecular formula is C15H19N3O2. The van der Waals surface area contributed by atoms with Crippen LogP contribution in [0.3, 0.4) is 0 Å². The molecule has 2 atom stereocenters. The van der Waals surface area contributed by atoms with Crippen molar-refractivity contribution in [3.63, 3.8) is 0 Å². The first kappa shape index (κ1) is 13.1. The molecule has 1 heterocycles. The first-order valence-corrected chi connectivity index (χ1v) is 6.93. The summed E-state index contributed by atoms with van der Waals surface area (Å²) >= 11 is 0. The number of nitrogens with two attached hydrogens (primary N) is 1. The topological polar surface area (TPSA) is 70.1 Å². The Labute approximate surface area is 117 Å². The summed E-state index contributed by atoms with van der Waals surface area (Å²) in [6, 6.07) is 8.23. The molecule has 0 radical (unpaired) electrons. The summed E-state index contributed by atoms with van der Waals surface area (Å²) < 4.78 is 6.85. The molecule has 1 aliphatic rings. The van der Waals surface area contributed by atoms with Gasteiger partial charge in [-0.1, -0.05) is 18.2 Å². The number of hydrogen-bond acceptors (Lipinski definition) is 4. The van der Waals surface area contributed by atoms with Crippen molar-refractivity contribution in [2.45, 2.75) is 37.3 Å². The number of ether oxygens (including phenoxy) is 1. The van der Waals surface area contributed by atoms with Gasteiger partial charge in [-0.2, -0.15) is 5.10 Å². The molecule has 2 aromatic rings. The third kappa shape index (κ3) is 2.08. The van der Waals surface area contributed by atoms with Gasteiger partial charge in [0.25, 0.3) is 0 Å². The van der Waals surface area contributed by atoms with E-state index in [1.807, 2.05) is 35.1 Å². The molecule has 1 saturated carbocycles. The summed E-state index contributed by atoms with van der Waals surface area (Å²) in [5, 5.41) is 5.59. The minimum atomic E-state index is -0.884. The molecule has 3 rings (SSSR count). The first-order chi connectivity index (χ1) is 9.64. The maximum Gasteiger partial charge on any atom is 0.325 e. The predicted molar refractivity (Wildman–Crippen MR) is 76.2 cm³/mol. The van der Waals surface area contributed by atoms with Crippen molar-refractivity contribution in [1.29, 1.82) is 0 Å². The molecule has 1 fully saturated rings. The largest absolute Gasteiger partial charge is 0.468 e. The fourth-order valence-electron chi connectivity index (χ4n) is 3.16. The Bertz CT molecular complexity index is 637. The molecular weight excluding hydrogens is 254 g/mol. The van der Waals surface area contributed by atoms with E-state index in [0.717, 1.165) is 23.7 Å².